The second-order valence-electron chi connectivity index (χ2n) is 2.89. The lowest BCUT2D eigenvalue weighted by Crippen LogP contribution is -2.30. The summed E-state index contributed by atoms with van der Waals surface area (Å²) in [5.41, 5.74) is 2.77. The molecule has 0 radical (unpaired) electrons. The molecule has 3 N–H and O–H groups in total. The van der Waals surface area contributed by atoms with Gasteiger partial charge in [0, 0.05) is 30.9 Å². The smallest absolute Gasteiger partial charge is 0.0931 e. The number of nitrogens with one attached hydrogen (secondary N) is 3. The van der Waals surface area contributed by atoms with Gasteiger partial charge in [-0.15, -0.1) is 0 Å². The minimum atomic E-state index is 0.435. The van der Waals surface area contributed by atoms with Crippen molar-refractivity contribution in [2.75, 3.05) is 13.1 Å². The van der Waals surface area contributed by atoms with E-state index in [4.69, 9.17) is 0 Å². The largest absolute Gasteiger partial charge is 0.367 e. The first-order valence-electron chi connectivity index (χ1n) is 3.82. The molecule has 0 aromatic carbocycles. The van der Waals surface area contributed by atoms with Crippen LogP contribution in [-0.2, 0) is 0 Å². The van der Waals surface area contributed by atoms with E-state index in [-0.39, 0.29) is 0 Å². The Balaban J connectivity index is 2.13. The lowest BCUT2D eigenvalue weighted by atomic mass is 10.2. The summed E-state index contributed by atoms with van der Waals surface area (Å²) in [6, 6.07) is 0. The van der Waals surface area contributed by atoms with E-state index in [0.717, 1.165) is 19.5 Å². The van der Waals surface area contributed by atoms with Crippen molar-refractivity contribution in [2.45, 2.75) is 19.5 Å². The van der Waals surface area contributed by atoms with Crippen molar-refractivity contribution in [3.05, 3.63) is 11.4 Å². The third-order valence-corrected chi connectivity index (χ3v) is 2.00. The van der Waals surface area contributed by atoms with Gasteiger partial charge in [-0.2, -0.15) is 0 Å². The van der Waals surface area contributed by atoms with Gasteiger partial charge in [0.2, 0.25) is 0 Å². The molecule has 10 heavy (non-hydrogen) atoms. The first-order chi connectivity index (χ1) is 4.86. The molecule has 0 amide bonds. The van der Waals surface area contributed by atoms with Crippen molar-refractivity contribution < 1.29 is 0 Å². The van der Waals surface area contributed by atoms with Crippen LogP contribution < -0.4 is 16.0 Å². The Morgan fingerprint density at radius 3 is 2.90 bits per heavy atom. The second-order valence-corrected chi connectivity index (χ2v) is 2.89. The zero-order valence-electron chi connectivity index (χ0n) is 6.20. The van der Waals surface area contributed by atoms with Gasteiger partial charge in [-0.25, -0.2) is 0 Å². The van der Waals surface area contributed by atoms with Crippen molar-refractivity contribution in [3.8, 4) is 0 Å². The van der Waals surface area contributed by atoms with Crippen molar-refractivity contribution in [2.24, 2.45) is 0 Å². The van der Waals surface area contributed by atoms with Gasteiger partial charge in [0.15, 0.2) is 0 Å². The lowest BCUT2D eigenvalue weighted by Gasteiger charge is -2.13. The molecule has 2 rings (SSSR count). The van der Waals surface area contributed by atoms with Crippen LogP contribution in [0.15, 0.2) is 11.4 Å². The van der Waals surface area contributed by atoms with Gasteiger partial charge in [-0.3, -0.25) is 0 Å². The fourth-order valence-corrected chi connectivity index (χ4v) is 1.54. The van der Waals surface area contributed by atoms with Gasteiger partial charge < -0.3 is 16.0 Å². The molecule has 0 saturated carbocycles. The summed E-state index contributed by atoms with van der Waals surface area (Å²) in [5, 5.41) is 10.1. The highest BCUT2D eigenvalue weighted by atomic mass is 15.2. The van der Waals surface area contributed by atoms with Crippen LogP contribution in [0.1, 0.15) is 13.3 Å². The molecule has 1 atom stereocenters. The molecule has 3 heteroatoms. The lowest BCUT2D eigenvalue weighted by molar-refractivity contribution is 0.599. The summed E-state index contributed by atoms with van der Waals surface area (Å²) in [6.45, 7) is 4.26. The van der Waals surface area contributed by atoms with E-state index in [1.807, 2.05) is 0 Å². The average molecular weight is 139 g/mol. The third kappa shape index (κ3) is 0.865. The number of hydrogen-bond donors (Lipinski definition) is 3. The standard InChI is InChI=1S/C7H13N3/c1-5-9-6-2-3-8-4-7(6)10-5/h5,8-10H,2-4H2,1H3. The summed E-state index contributed by atoms with van der Waals surface area (Å²) in [4.78, 5) is 0. The maximum Gasteiger partial charge on any atom is 0.0931 e. The molecule has 2 aliphatic heterocycles. The van der Waals surface area contributed by atoms with Gasteiger partial charge in [0.1, 0.15) is 0 Å². The van der Waals surface area contributed by atoms with Crippen LogP contribution in [0.4, 0.5) is 0 Å². The molecule has 0 aliphatic carbocycles. The van der Waals surface area contributed by atoms with Gasteiger partial charge in [-0.05, 0) is 6.92 Å². The third-order valence-electron chi connectivity index (χ3n) is 2.00. The molecule has 0 bridgehead atoms. The second kappa shape index (κ2) is 2.16. The van der Waals surface area contributed by atoms with Crippen molar-refractivity contribution in [3.63, 3.8) is 0 Å². The molecule has 2 heterocycles. The van der Waals surface area contributed by atoms with E-state index in [2.05, 4.69) is 22.9 Å². The average Bonchev–Trinajstić information content (AvgIpc) is 2.27. The van der Waals surface area contributed by atoms with E-state index in [1.54, 1.807) is 0 Å². The molecule has 56 valence electrons. The van der Waals surface area contributed by atoms with E-state index >= 15 is 0 Å². The zero-order chi connectivity index (χ0) is 6.97. The van der Waals surface area contributed by atoms with Gasteiger partial charge in [0.25, 0.3) is 0 Å². The normalized spacial score (nSPS) is 31.1. The van der Waals surface area contributed by atoms with E-state index in [1.165, 1.54) is 11.4 Å². The van der Waals surface area contributed by atoms with Crippen LogP contribution >= 0.6 is 0 Å². The number of hydrogen-bond acceptors (Lipinski definition) is 3. The maximum absolute atomic E-state index is 3.38. The predicted molar refractivity (Wildman–Crippen MR) is 40.2 cm³/mol. The SMILES string of the molecule is CC1NC2=C(CNCC2)N1. The van der Waals surface area contributed by atoms with Crippen molar-refractivity contribution >= 4 is 0 Å². The topological polar surface area (TPSA) is 36.1 Å². The van der Waals surface area contributed by atoms with Crippen LogP contribution in [0.5, 0.6) is 0 Å². The Bertz CT molecular complexity index is 156. The van der Waals surface area contributed by atoms with Crippen LogP contribution in [0.2, 0.25) is 0 Å². The highest BCUT2D eigenvalue weighted by molar-refractivity contribution is 5.21. The number of rotatable bonds is 0. The van der Waals surface area contributed by atoms with Gasteiger partial charge in [-0.1, -0.05) is 0 Å². The highest BCUT2D eigenvalue weighted by Crippen LogP contribution is 2.12. The molecule has 2 aliphatic rings. The Labute approximate surface area is 60.9 Å². The molecule has 1 unspecified atom stereocenters. The molecular formula is C7H13N3. The first kappa shape index (κ1) is 6.04. The Morgan fingerprint density at radius 1 is 1.30 bits per heavy atom. The van der Waals surface area contributed by atoms with E-state index < -0.39 is 0 Å². The zero-order valence-corrected chi connectivity index (χ0v) is 6.20. The van der Waals surface area contributed by atoms with Crippen molar-refractivity contribution in [1.29, 1.82) is 0 Å². The van der Waals surface area contributed by atoms with E-state index in [0.29, 0.717) is 6.17 Å². The molecule has 0 saturated heterocycles. The van der Waals surface area contributed by atoms with Crippen LogP contribution in [0.3, 0.4) is 0 Å². The van der Waals surface area contributed by atoms with E-state index in [9.17, 15) is 0 Å². The summed E-state index contributed by atoms with van der Waals surface area (Å²) in [5.74, 6) is 0. The molecule has 3 nitrogen and oxygen atoms in total. The van der Waals surface area contributed by atoms with Crippen LogP contribution in [-0.4, -0.2) is 19.3 Å². The quantitative estimate of drug-likeness (QED) is 0.432. The maximum atomic E-state index is 3.38. The minimum Gasteiger partial charge on any atom is -0.367 e. The molecule has 0 aromatic heterocycles. The summed E-state index contributed by atoms with van der Waals surface area (Å²) < 4.78 is 0. The molecule has 0 spiro atoms. The Morgan fingerprint density at radius 2 is 2.10 bits per heavy atom. The molecular weight excluding hydrogens is 126 g/mol. The van der Waals surface area contributed by atoms with Crippen LogP contribution in [0, 0.1) is 0 Å². The monoisotopic (exact) mass is 139 g/mol. The summed E-state index contributed by atoms with van der Waals surface area (Å²) in [6.07, 6.45) is 1.58. The van der Waals surface area contributed by atoms with Gasteiger partial charge in [0.05, 0.1) is 6.17 Å². The Hall–Kier alpha value is -0.700. The Kier molecular flexibility index (Phi) is 1.31. The first-order valence-corrected chi connectivity index (χ1v) is 3.82. The molecule has 0 fully saturated rings. The summed E-state index contributed by atoms with van der Waals surface area (Å²) in [7, 11) is 0. The van der Waals surface area contributed by atoms with Gasteiger partial charge >= 0.3 is 0 Å². The highest BCUT2D eigenvalue weighted by Gasteiger charge is 2.20. The fraction of sp³-hybridized carbons (Fsp3) is 0.714. The predicted octanol–water partition coefficient (Wildman–Crippen LogP) is -0.270. The minimum absolute atomic E-state index is 0.435. The summed E-state index contributed by atoms with van der Waals surface area (Å²) >= 11 is 0. The fourth-order valence-electron chi connectivity index (χ4n) is 1.54. The van der Waals surface area contributed by atoms with Crippen LogP contribution in [0.25, 0.3) is 0 Å². The van der Waals surface area contributed by atoms with Crippen molar-refractivity contribution in [1.82, 2.24) is 16.0 Å². The molecule has 0 aromatic rings.